The average molecular weight is 318 g/mol. The lowest BCUT2D eigenvalue weighted by atomic mass is 10.1. The van der Waals surface area contributed by atoms with Crippen LogP contribution in [0.2, 0.25) is 0 Å². The summed E-state index contributed by atoms with van der Waals surface area (Å²) < 4.78 is 11.0. The van der Waals surface area contributed by atoms with Crippen LogP contribution in [-0.4, -0.2) is 18.8 Å². The van der Waals surface area contributed by atoms with E-state index in [1.807, 2.05) is 12.1 Å². The van der Waals surface area contributed by atoms with Crippen molar-refractivity contribution in [3.8, 4) is 11.3 Å². The van der Waals surface area contributed by atoms with Gasteiger partial charge in [-0.1, -0.05) is 0 Å². The topological polar surface area (TPSA) is 68.6 Å². The Morgan fingerprint density at radius 3 is 2.85 bits per heavy atom. The molecule has 20 heavy (non-hydrogen) atoms. The van der Waals surface area contributed by atoms with Crippen LogP contribution < -0.4 is 5.73 Å². The maximum Gasteiger partial charge on any atom is 0.135 e. The van der Waals surface area contributed by atoms with E-state index in [0.29, 0.717) is 18.8 Å². The van der Waals surface area contributed by atoms with E-state index in [2.05, 4.69) is 12.3 Å². The van der Waals surface area contributed by atoms with Crippen molar-refractivity contribution < 1.29 is 14.3 Å². The predicted molar refractivity (Wildman–Crippen MR) is 83.4 cm³/mol. The molecule has 0 aliphatic heterocycles. The van der Waals surface area contributed by atoms with Gasteiger partial charge in [0.1, 0.15) is 11.5 Å². The van der Waals surface area contributed by atoms with Gasteiger partial charge in [-0.15, -0.1) is 23.7 Å². The smallest absolute Gasteiger partial charge is 0.135 e. The van der Waals surface area contributed by atoms with Crippen molar-refractivity contribution in [3.05, 3.63) is 33.7 Å². The number of aliphatic hydroxyl groups excluding tert-OH is 1. The molecule has 0 fully saturated rings. The number of thiophene rings is 1. The summed E-state index contributed by atoms with van der Waals surface area (Å²) in [5, 5.41) is 11.0. The number of aliphatic hydroxyl groups is 1. The number of halogens is 1. The highest BCUT2D eigenvalue weighted by Crippen LogP contribution is 2.35. The molecule has 1 unspecified atom stereocenters. The molecule has 0 saturated heterocycles. The van der Waals surface area contributed by atoms with Crippen molar-refractivity contribution in [2.24, 2.45) is 5.73 Å². The Balaban J connectivity index is 0.00000200. The van der Waals surface area contributed by atoms with Gasteiger partial charge in [-0.2, -0.15) is 0 Å². The maximum atomic E-state index is 8.91. The van der Waals surface area contributed by atoms with E-state index in [9.17, 15) is 0 Å². The van der Waals surface area contributed by atoms with Crippen LogP contribution in [0.25, 0.3) is 11.3 Å². The van der Waals surface area contributed by atoms with Crippen molar-refractivity contribution in [1.82, 2.24) is 0 Å². The second-order valence-corrected chi connectivity index (χ2v) is 5.43. The van der Waals surface area contributed by atoms with Crippen LogP contribution in [0.4, 0.5) is 0 Å². The Bertz CT molecular complexity index is 538. The second kappa shape index (κ2) is 7.81. The molecule has 0 amide bonds. The zero-order valence-electron chi connectivity index (χ0n) is 11.6. The number of hydrogen-bond acceptors (Lipinski definition) is 5. The van der Waals surface area contributed by atoms with Gasteiger partial charge in [0.2, 0.25) is 0 Å². The van der Waals surface area contributed by atoms with E-state index in [4.69, 9.17) is 20.0 Å². The van der Waals surface area contributed by atoms with Gasteiger partial charge in [0.25, 0.3) is 0 Å². The Morgan fingerprint density at radius 2 is 2.20 bits per heavy atom. The Morgan fingerprint density at radius 1 is 1.45 bits per heavy atom. The van der Waals surface area contributed by atoms with Gasteiger partial charge in [0.05, 0.1) is 12.6 Å². The Kier molecular flexibility index (Phi) is 6.71. The minimum Gasteiger partial charge on any atom is -0.459 e. The lowest BCUT2D eigenvalue weighted by Gasteiger charge is -2.06. The van der Waals surface area contributed by atoms with E-state index in [-0.39, 0.29) is 25.1 Å². The third kappa shape index (κ3) is 3.62. The molecule has 0 aromatic carbocycles. The van der Waals surface area contributed by atoms with Gasteiger partial charge >= 0.3 is 0 Å². The maximum absolute atomic E-state index is 8.91. The molecule has 0 aliphatic carbocycles. The molecule has 112 valence electrons. The van der Waals surface area contributed by atoms with Crippen LogP contribution in [0.15, 0.2) is 21.9 Å². The number of furan rings is 1. The molecule has 0 saturated carbocycles. The number of aryl methyl sites for hydroxylation is 1. The number of rotatable bonds is 6. The van der Waals surface area contributed by atoms with E-state index < -0.39 is 0 Å². The van der Waals surface area contributed by atoms with Crippen molar-refractivity contribution in [3.63, 3.8) is 0 Å². The number of ether oxygens (including phenoxy) is 1. The Labute approximate surface area is 129 Å². The molecule has 0 aliphatic rings. The predicted octanol–water partition coefficient (Wildman–Crippen LogP) is 3.27. The first-order chi connectivity index (χ1) is 9.17. The van der Waals surface area contributed by atoms with Crippen LogP contribution in [0, 0.1) is 6.92 Å². The summed E-state index contributed by atoms with van der Waals surface area (Å²) in [7, 11) is 1.68. The highest BCUT2D eigenvalue weighted by molar-refractivity contribution is 7.10. The summed E-state index contributed by atoms with van der Waals surface area (Å²) in [5.74, 6) is 1.52. The second-order valence-electron chi connectivity index (χ2n) is 4.47. The highest BCUT2D eigenvalue weighted by atomic mass is 35.5. The summed E-state index contributed by atoms with van der Waals surface area (Å²) in [6, 6.07) is 3.55. The fraction of sp³-hybridized carbons (Fsp3) is 0.429. The first-order valence-electron chi connectivity index (χ1n) is 6.19. The number of hydrogen-bond donors (Lipinski definition) is 2. The zero-order valence-corrected chi connectivity index (χ0v) is 13.2. The van der Waals surface area contributed by atoms with Crippen LogP contribution in [-0.2, 0) is 11.3 Å². The van der Waals surface area contributed by atoms with E-state index in [1.54, 1.807) is 18.4 Å². The van der Waals surface area contributed by atoms with Crippen molar-refractivity contribution in [2.45, 2.75) is 26.0 Å². The van der Waals surface area contributed by atoms with Gasteiger partial charge in [0.15, 0.2) is 0 Å². The molecular weight excluding hydrogens is 298 g/mol. The molecule has 4 nitrogen and oxygen atoms in total. The van der Waals surface area contributed by atoms with Crippen molar-refractivity contribution >= 4 is 23.7 Å². The normalized spacial score (nSPS) is 12.2. The zero-order chi connectivity index (χ0) is 13.8. The van der Waals surface area contributed by atoms with Crippen molar-refractivity contribution in [1.29, 1.82) is 0 Å². The van der Waals surface area contributed by atoms with Crippen molar-refractivity contribution in [2.75, 3.05) is 13.7 Å². The first-order valence-corrected chi connectivity index (χ1v) is 7.07. The first kappa shape index (κ1) is 17.2. The third-order valence-corrected chi connectivity index (χ3v) is 4.08. The number of methoxy groups -OCH3 is 1. The van der Waals surface area contributed by atoms with E-state index >= 15 is 0 Å². The summed E-state index contributed by atoms with van der Waals surface area (Å²) in [5.41, 5.74) is 8.20. The van der Waals surface area contributed by atoms with Gasteiger partial charge in [-0.3, -0.25) is 0 Å². The van der Waals surface area contributed by atoms with Crippen LogP contribution in [0.5, 0.6) is 0 Å². The fourth-order valence-electron chi connectivity index (χ4n) is 2.03. The summed E-state index contributed by atoms with van der Waals surface area (Å²) in [6.45, 7) is 2.69. The molecule has 3 N–H and O–H groups in total. The summed E-state index contributed by atoms with van der Waals surface area (Å²) in [4.78, 5) is 1.15. The average Bonchev–Trinajstić information content (AvgIpc) is 2.97. The molecule has 2 heterocycles. The molecule has 2 aromatic heterocycles. The molecule has 2 rings (SSSR count). The molecule has 0 bridgehead atoms. The van der Waals surface area contributed by atoms with Crippen LogP contribution >= 0.6 is 23.7 Å². The molecule has 0 spiro atoms. The van der Waals surface area contributed by atoms with Crippen LogP contribution in [0.3, 0.4) is 0 Å². The lowest BCUT2D eigenvalue weighted by molar-refractivity contribution is 0.188. The Hall–Kier alpha value is -0.850. The van der Waals surface area contributed by atoms with Gasteiger partial charge in [-0.25, -0.2) is 0 Å². The van der Waals surface area contributed by atoms with Gasteiger partial charge in [0, 0.05) is 24.2 Å². The summed E-state index contributed by atoms with van der Waals surface area (Å²) >= 11 is 1.67. The standard InChI is InChI=1S/C14H19NO3S.ClH/c1-9-8-19-13(7-17-2)14(9)12-4-3-11(18-12)10(15)5-6-16;/h3-4,8,10,16H,5-7,15H2,1-2H3;1H. The van der Waals surface area contributed by atoms with Gasteiger partial charge in [-0.05, 0) is 36.4 Å². The van der Waals surface area contributed by atoms with E-state index in [1.165, 1.54) is 5.56 Å². The number of nitrogens with two attached hydrogens (primary N) is 1. The fourth-order valence-corrected chi connectivity index (χ4v) is 3.04. The summed E-state index contributed by atoms with van der Waals surface area (Å²) in [6.07, 6.45) is 0.500. The van der Waals surface area contributed by atoms with Crippen LogP contribution in [0.1, 0.15) is 28.7 Å². The minimum absolute atomic E-state index is 0. The molecule has 0 radical (unpaired) electrons. The minimum atomic E-state index is -0.261. The molecule has 2 aromatic rings. The van der Waals surface area contributed by atoms with E-state index in [0.717, 1.165) is 16.2 Å². The SMILES string of the molecule is COCc1scc(C)c1-c1ccc(C(N)CCO)o1.Cl. The highest BCUT2D eigenvalue weighted by Gasteiger charge is 2.16. The monoisotopic (exact) mass is 317 g/mol. The molecular formula is C14H20ClNO3S. The molecule has 1 atom stereocenters. The lowest BCUT2D eigenvalue weighted by Crippen LogP contribution is -2.10. The molecule has 6 heteroatoms. The largest absolute Gasteiger partial charge is 0.459 e. The van der Waals surface area contributed by atoms with Gasteiger partial charge < -0.3 is 20.0 Å². The third-order valence-electron chi connectivity index (χ3n) is 3.01. The quantitative estimate of drug-likeness (QED) is 0.858.